The standard InChI is InChI=1S/C12H16N2O/c1-2-10-5-6-12(11(14)9-10)15-8-4-3-7-13/h5-6,9H,2-4,8,14H2,1H3. The first-order chi connectivity index (χ1) is 7.27. The van der Waals surface area contributed by atoms with Crippen molar-refractivity contribution in [2.75, 3.05) is 12.3 Å². The van der Waals surface area contributed by atoms with Gasteiger partial charge in [-0.1, -0.05) is 13.0 Å². The summed E-state index contributed by atoms with van der Waals surface area (Å²) in [5.74, 6) is 0.713. The van der Waals surface area contributed by atoms with Crippen LogP contribution >= 0.6 is 0 Å². The van der Waals surface area contributed by atoms with Crippen LogP contribution in [0.5, 0.6) is 5.75 Å². The Balaban J connectivity index is 2.51. The van der Waals surface area contributed by atoms with Crippen molar-refractivity contribution in [3.8, 4) is 11.8 Å². The Kier molecular flexibility index (Phi) is 4.49. The predicted octanol–water partition coefficient (Wildman–Crippen LogP) is 2.51. The van der Waals surface area contributed by atoms with E-state index in [1.807, 2.05) is 18.2 Å². The molecule has 0 aliphatic rings. The summed E-state index contributed by atoms with van der Waals surface area (Å²) in [6.45, 7) is 2.63. The minimum absolute atomic E-state index is 0.521. The highest BCUT2D eigenvalue weighted by molar-refractivity contribution is 5.54. The maximum Gasteiger partial charge on any atom is 0.142 e. The largest absolute Gasteiger partial charge is 0.491 e. The zero-order valence-corrected chi connectivity index (χ0v) is 8.99. The number of anilines is 1. The van der Waals surface area contributed by atoms with Crippen LogP contribution in [-0.2, 0) is 6.42 Å². The Morgan fingerprint density at radius 1 is 1.47 bits per heavy atom. The number of benzene rings is 1. The van der Waals surface area contributed by atoms with E-state index >= 15 is 0 Å². The van der Waals surface area contributed by atoms with Crippen molar-refractivity contribution < 1.29 is 4.74 Å². The average Bonchev–Trinajstić information content (AvgIpc) is 2.26. The topological polar surface area (TPSA) is 59.0 Å². The van der Waals surface area contributed by atoms with E-state index in [1.54, 1.807) is 0 Å². The molecule has 1 aromatic carbocycles. The van der Waals surface area contributed by atoms with Gasteiger partial charge in [0.15, 0.2) is 0 Å². The highest BCUT2D eigenvalue weighted by Crippen LogP contribution is 2.22. The molecular formula is C12H16N2O. The smallest absolute Gasteiger partial charge is 0.142 e. The quantitative estimate of drug-likeness (QED) is 0.592. The van der Waals surface area contributed by atoms with E-state index < -0.39 is 0 Å². The number of rotatable bonds is 5. The van der Waals surface area contributed by atoms with Gasteiger partial charge in [-0.3, -0.25) is 0 Å². The molecule has 3 heteroatoms. The predicted molar refractivity (Wildman–Crippen MR) is 60.6 cm³/mol. The Labute approximate surface area is 90.5 Å². The second-order valence-corrected chi connectivity index (χ2v) is 3.34. The molecule has 0 aliphatic carbocycles. The molecule has 2 N–H and O–H groups in total. The lowest BCUT2D eigenvalue weighted by atomic mass is 10.1. The van der Waals surface area contributed by atoms with Gasteiger partial charge in [0.1, 0.15) is 5.75 Å². The van der Waals surface area contributed by atoms with Gasteiger partial charge in [-0.05, 0) is 30.5 Å². The van der Waals surface area contributed by atoms with E-state index in [-0.39, 0.29) is 0 Å². The average molecular weight is 204 g/mol. The summed E-state index contributed by atoms with van der Waals surface area (Å²) in [4.78, 5) is 0. The van der Waals surface area contributed by atoms with Gasteiger partial charge in [0.25, 0.3) is 0 Å². The lowest BCUT2D eigenvalue weighted by Crippen LogP contribution is -2.00. The SMILES string of the molecule is CCc1ccc(OCCCC#N)c(N)c1. The molecule has 0 bridgehead atoms. The molecule has 0 aromatic heterocycles. The van der Waals surface area contributed by atoms with Crippen molar-refractivity contribution in [3.05, 3.63) is 23.8 Å². The second-order valence-electron chi connectivity index (χ2n) is 3.34. The number of nitrogens with zero attached hydrogens (tertiary/aromatic N) is 1. The van der Waals surface area contributed by atoms with Gasteiger partial charge in [-0.2, -0.15) is 5.26 Å². The molecule has 0 unspecified atom stereocenters. The van der Waals surface area contributed by atoms with Crippen LogP contribution in [-0.4, -0.2) is 6.61 Å². The van der Waals surface area contributed by atoms with E-state index in [1.165, 1.54) is 5.56 Å². The summed E-state index contributed by atoms with van der Waals surface area (Å²) in [7, 11) is 0. The van der Waals surface area contributed by atoms with Crippen LogP contribution in [0.25, 0.3) is 0 Å². The van der Waals surface area contributed by atoms with Gasteiger partial charge in [-0.15, -0.1) is 0 Å². The molecule has 0 heterocycles. The highest BCUT2D eigenvalue weighted by Gasteiger charge is 2.00. The molecule has 0 spiro atoms. The second kappa shape index (κ2) is 5.92. The molecule has 0 saturated heterocycles. The minimum Gasteiger partial charge on any atom is -0.491 e. The van der Waals surface area contributed by atoms with Crippen molar-refractivity contribution in [1.29, 1.82) is 5.26 Å². The maximum atomic E-state index is 8.36. The van der Waals surface area contributed by atoms with Gasteiger partial charge in [-0.25, -0.2) is 0 Å². The first kappa shape index (κ1) is 11.4. The van der Waals surface area contributed by atoms with Crippen LogP contribution in [0.4, 0.5) is 5.69 Å². The fourth-order valence-electron chi connectivity index (χ4n) is 1.28. The van der Waals surface area contributed by atoms with E-state index in [9.17, 15) is 0 Å². The first-order valence-electron chi connectivity index (χ1n) is 5.16. The number of hydrogen-bond donors (Lipinski definition) is 1. The van der Waals surface area contributed by atoms with Crippen LogP contribution in [0.2, 0.25) is 0 Å². The van der Waals surface area contributed by atoms with Crippen LogP contribution in [0, 0.1) is 11.3 Å². The number of nitrogen functional groups attached to an aromatic ring is 1. The third kappa shape index (κ3) is 3.51. The molecular weight excluding hydrogens is 188 g/mol. The molecule has 1 aromatic rings. The fourth-order valence-corrected chi connectivity index (χ4v) is 1.28. The molecule has 1 rings (SSSR count). The number of nitriles is 1. The third-order valence-corrected chi connectivity index (χ3v) is 2.17. The summed E-state index contributed by atoms with van der Waals surface area (Å²) in [5.41, 5.74) is 7.70. The molecule has 0 amide bonds. The summed E-state index contributed by atoms with van der Waals surface area (Å²) in [6.07, 6.45) is 2.23. The van der Waals surface area contributed by atoms with Crippen molar-refractivity contribution >= 4 is 5.69 Å². The number of hydrogen-bond acceptors (Lipinski definition) is 3. The molecule has 0 aliphatic heterocycles. The van der Waals surface area contributed by atoms with Crippen molar-refractivity contribution in [2.24, 2.45) is 0 Å². The normalized spacial score (nSPS) is 9.60. The zero-order chi connectivity index (χ0) is 11.1. The number of ether oxygens (including phenoxy) is 1. The number of unbranched alkanes of at least 4 members (excludes halogenated alkanes) is 1. The number of nitrogens with two attached hydrogens (primary N) is 1. The van der Waals surface area contributed by atoms with Crippen LogP contribution in [0.1, 0.15) is 25.3 Å². The van der Waals surface area contributed by atoms with E-state index in [2.05, 4.69) is 13.0 Å². The van der Waals surface area contributed by atoms with E-state index in [0.29, 0.717) is 24.5 Å². The number of aryl methyl sites for hydroxylation is 1. The van der Waals surface area contributed by atoms with E-state index in [0.717, 1.165) is 12.8 Å². The molecule has 15 heavy (non-hydrogen) atoms. The van der Waals surface area contributed by atoms with E-state index in [4.69, 9.17) is 15.7 Å². The highest BCUT2D eigenvalue weighted by atomic mass is 16.5. The Hall–Kier alpha value is -1.69. The summed E-state index contributed by atoms with van der Waals surface area (Å²) in [6, 6.07) is 7.91. The van der Waals surface area contributed by atoms with Gasteiger partial charge >= 0.3 is 0 Å². The van der Waals surface area contributed by atoms with Crippen LogP contribution in [0.15, 0.2) is 18.2 Å². The Bertz CT molecular complexity index is 355. The Morgan fingerprint density at radius 2 is 2.27 bits per heavy atom. The zero-order valence-electron chi connectivity index (χ0n) is 8.99. The minimum atomic E-state index is 0.521. The summed E-state index contributed by atoms with van der Waals surface area (Å²) in [5, 5.41) is 8.36. The van der Waals surface area contributed by atoms with Crippen molar-refractivity contribution in [3.63, 3.8) is 0 Å². The van der Waals surface area contributed by atoms with Crippen molar-refractivity contribution in [2.45, 2.75) is 26.2 Å². The van der Waals surface area contributed by atoms with Gasteiger partial charge in [0, 0.05) is 6.42 Å². The Morgan fingerprint density at radius 3 is 2.87 bits per heavy atom. The summed E-state index contributed by atoms with van der Waals surface area (Å²) >= 11 is 0. The monoisotopic (exact) mass is 204 g/mol. The lowest BCUT2D eigenvalue weighted by molar-refractivity contribution is 0.314. The fraction of sp³-hybridized carbons (Fsp3) is 0.417. The van der Waals surface area contributed by atoms with Gasteiger partial charge < -0.3 is 10.5 Å². The molecule has 0 atom stereocenters. The molecule has 0 fully saturated rings. The molecule has 0 radical (unpaired) electrons. The van der Waals surface area contributed by atoms with Gasteiger partial charge in [0.2, 0.25) is 0 Å². The first-order valence-corrected chi connectivity index (χ1v) is 5.16. The maximum absolute atomic E-state index is 8.36. The molecule has 0 saturated carbocycles. The van der Waals surface area contributed by atoms with Crippen LogP contribution < -0.4 is 10.5 Å². The summed E-state index contributed by atoms with van der Waals surface area (Å²) < 4.78 is 5.46. The lowest BCUT2D eigenvalue weighted by Gasteiger charge is -2.08. The third-order valence-electron chi connectivity index (χ3n) is 2.17. The van der Waals surface area contributed by atoms with Gasteiger partial charge in [0.05, 0.1) is 18.4 Å². The molecule has 3 nitrogen and oxygen atoms in total. The van der Waals surface area contributed by atoms with Crippen LogP contribution in [0.3, 0.4) is 0 Å². The molecule has 80 valence electrons. The van der Waals surface area contributed by atoms with Crippen molar-refractivity contribution in [1.82, 2.24) is 0 Å².